The van der Waals surface area contributed by atoms with Gasteiger partial charge in [0, 0.05) is 22.3 Å². The van der Waals surface area contributed by atoms with E-state index >= 15 is 0 Å². The van der Waals surface area contributed by atoms with Crippen LogP contribution in [0.5, 0.6) is 0 Å². The molecule has 0 saturated heterocycles. The molecule has 0 nitrogen and oxygen atoms in total. The molecule has 182 valence electrons. The Morgan fingerprint density at radius 2 is 0.789 bits per heavy atom. The summed E-state index contributed by atoms with van der Waals surface area (Å²) in [5.74, 6) is 14.7. The Hall–Kier alpha value is -4.52. The highest BCUT2D eigenvalue weighted by molar-refractivity contribution is 6.26. The minimum atomic E-state index is 0.388. The van der Waals surface area contributed by atoms with Crippen LogP contribution in [0.2, 0.25) is 0 Å². The summed E-state index contributed by atoms with van der Waals surface area (Å²) in [6.07, 6.45) is 0. The lowest BCUT2D eigenvalue weighted by atomic mass is 9.83. The topological polar surface area (TPSA) is 0 Å². The van der Waals surface area contributed by atoms with Crippen molar-refractivity contribution >= 4 is 32.3 Å². The second-order valence-corrected chi connectivity index (χ2v) is 10.6. The van der Waals surface area contributed by atoms with E-state index in [1.807, 2.05) is 36.4 Å². The summed E-state index contributed by atoms with van der Waals surface area (Å²) in [6.45, 7) is 9.10. The van der Waals surface area contributed by atoms with Gasteiger partial charge < -0.3 is 0 Å². The number of rotatable bonds is 2. The lowest BCUT2D eigenvalue weighted by molar-refractivity contribution is 0.875. The number of hydrogen-bond donors (Lipinski definition) is 0. The first-order valence-corrected chi connectivity index (χ1v) is 13.4. The maximum absolute atomic E-state index is 3.53. The van der Waals surface area contributed by atoms with Crippen molar-refractivity contribution in [3.63, 3.8) is 0 Å². The van der Waals surface area contributed by atoms with Gasteiger partial charge in [-0.25, -0.2) is 0 Å². The van der Waals surface area contributed by atoms with Crippen LogP contribution in [0, 0.1) is 23.7 Å². The van der Waals surface area contributed by atoms with Crippen molar-refractivity contribution in [2.45, 2.75) is 39.5 Å². The van der Waals surface area contributed by atoms with Gasteiger partial charge in [0.25, 0.3) is 0 Å². The molecule has 0 unspecified atom stereocenters. The molecule has 0 atom stereocenters. The van der Waals surface area contributed by atoms with Gasteiger partial charge >= 0.3 is 0 Å². The molecule has 0 aliphatic heterocycles. The van der Waals surface area contributed by atoms with Crippen molar-refractivity contribution in [3.05, 3.63) is 130 Å². The van der Waals surface area contributed by atoms with Crippen molar-refractivity contribution in [2.24, 2.45) is 0 Å². The smallest absolute Gasteiger partial charge is 0.0330 e. The third kappa shape index (κ3) is 4.20. The average molecular weight is 487 g/mol. The van der Waals surface area contributed by atoms with Crippen LogP contribution in [0.15, 0.2) is 97.1 Å². The Morgan fingerprint density at radius 1 is 0.421 bits per heavy atom. The molecule has 0 bridgehead atoms. The maximum Gasteiger partial charge on any atom is 0.0330 e. The molecule has 6 aromatic carbocycles. The number of hydrogen-bond acceptors (Lipinski definition) is 0. The van der Waals surface area contributed by atoms with E-state index in [1.165, 1.54) is 43.4 Å². The third-order valence-electron chi connectivity index (χ3n) is 7.44. The van der Waals surface area contributed by atoms with Crippen LogP contribution < -0.4 is 0 Å². The molecular formula is C38H30. The second-order valence-electron chi connectivity index (χ2n) is 10.6. The van der Waals surface area contributed by atoms with E-state index in [-0.39, 0.29) is 0 Å². The largest absolute Gasteiger partial charge is 0.0622 e. The zero-order valence-electron chi connectivity index (χ0n) is 22.4. The van der Waals surface area contributed by atoms with E-state index in [9.17, 15) is 0 Å². The fraction of sp³-hybridized carbons (Fsp3) is 0.158. The highest BCUT2D eigenvalue weighted by Gasteiger charge is 2.19. The van der Waals surface area contributed by atoms with Gasteiger partial charge in [-0.15, -0.1) is 0 Å². The minimum absolute atomic E-state index is 0.388. The molecule has 0 amide bonds. The summed E-state index contributed by atoms with van der Waals surface area (Å²) in [4.78, 5) is 0. The van der Waals surface area contributed by atoms with E-state index in [4.69, 9.17) is 0 Å². The fourth-order valence-corrected chi connectivity index (χ4v) is 5.53. The van der Waals surface area contributed by atoms with Gasteiger partial charge in [-0.1, -0.05) is 112 Å². The van der Waals surface area contributed by atoms with Crippen LogP contribution in [0.4, 0.5) is 0 Å². The van der Waals surface area contributed by atoms with E-state index in [2.05, 4.69) is 112 Å². The molecule has 0 spiro atoms. The highest BCUT2D eigenvalue weighted by atomic mass is 14.2. The van der Waals surface area contributed by atoms with Gasteiger partial charge in [0.2, 0.25) is 0 Å². The normalized spacial score (nSPS) is 11.2. The van der Waals surface area contributed by atoms with Crippen molar-refractivity contribution in [3.8, 4) is 23.7 Å². The van der Waals surface area contributed by atoms with Gasteiger partial charge in [0.15, 0.2) is 0 Å². The van der Waals surface area contributed by atoms with Crippen LogP contribution in [0.25, 0.3) is 32.3 Å². The van der Waals surface area contributed by atoms with E-state index in [1.54, 1.807) is 0 Å². The summed E-state index contributed by atoms with van der Waals surface area (Å²) in [7, 11) is 0. The molecule has 0 saturated carbocycles. The Kier molecular flexibility index (Phi) is 6.12. The van der Waals surface area contributed by atoms with Crippen molar-refractivity contribution in [1.29, 1.82) is 0 Å². The monoisotopic (exact) mass is 486 g/mol. The quantitative estimate of drug-likeness (QED) is 0.169. The van der Waals surface area contributed by atoms with Crippen LogP contribution in [-0.4, -0.2) is 0 Å². The minimum Gasteiger partial charge on any atom is -0.0622 e. The molecule has 0 radical (unpaired) electrons. The van der Waals surface area contributed by atoms with Crippen molar-refractivity contribution < 1.29 is 0 Å². The van der Waals surface area contributed by atoms with Crippen molar-refractivity contribution in [2.75, 3.05) is 0 Å². The van der Waals surface area contributed by atoms with Crippen LogP contribution in [0.1, 0.15) is 72.9 Å². The van der Waals surface area contributed by atoms with Crippen LogP contribution in [-0.2, 0) is 0 Å². The lowest BCUT2D eigenvalue weighted by Gasteiger charge is -2.20. The molecule has 0 aliphatic carbocycles. The number of benzene rings is 6. The molecule has 0 heteroatoms. The zero-order valence-corrected chi connectivity index (χ0v) is 22.4. The van der Waals surface area contributed by atoms with Crippen molar-refractivity contribution in [1.82, 2.24) is 0 Å². The zero-order chi connectivity index (χ0) is 26.2. The molecule has 6 aromatic rings. The molecule has 6 rings (SSSR count). The lowest BCUT2D eigenvalue weighted by Crippen LogP contribution is -1.99. The van der Waals surface area contributed by atoms with E-state index in [0.717, 1.165) is 22.3 Å². The predicted octanol–water partition coefficient (Wildman–Crippen LogP) is 9.63. The van der Waals surface area contributed by atoms with E-state index in [0.29, 0.717) is 11.8 Å². The average Bonchev–Trinajstić information content (AvgIpc) is 2.94. The fourth-order valence-electron chi connectivity index (χ4n) is 5.53. The Balaban J connectivity index is 1.70. The first kappa shape index (κ1) is 23.9. The summed E-state index contributed by atoms with van der Waals surface area (Å²) in [5, 5.41) is 7.70. The molecule has 38 heavy (non-hydrogen) atoms. The highest BCUT2D eigenvalue weighted by Crippen LogP contribution is 2.42. The summed E-state index contributed by atoms with van der Waals surface area (Å²) in [6, 6.07) is 34.3. The van der Waals surface area contributed by atoms with Gasteiger partial charge in [-0.2, -0.15) is 0 Å². The molecule has 0 N–H and O–H groups in total. The van der Waals surface area contributed by atoms with Crippen LogP contribution >= 0.6 is 0 Å². The first-order valence-electron chi connectivity index (χ1n) is 13.4. The Bertz CT molecular complexity index is 1750. The maximum atomic E-state index is 3.53. The van der Waals surface area contributed by atoms with Gasteiger partial charge in [-0.05, 0) is 91.7 Å². The van der Waals surface area contributed by atoms with Gasteiger partial charge in [0.1, 0.15) is 0 Å². The second kappa shape index (κ2) is 9.74. The van der Waals surface area contributed by atoms with Gasteiger partial charge in [-0.3, -0.25) is 0 Å². The third-order valence-corrected chi connectivity index (χ3v) is 7.44. The van der Waals surface area contributed by atoms with Gasteiger partial charge in [0.05, 0.1) is 0 Å². The SMILES string of the molecule is CC(C)c1cc(C#Cc2ccccc2)c2ccc3c(C(C)C)cc(C#Cc4ccccc4)c4ccc1c2c43. The summed E-state index contributed by atoms with van der Waals surface area (Å²) >= 11 is 0. The molecule has 0 aromatic heterocycles. The Labute approximate surface area is 225 Å². The molecular weight excluding hydrogens is 456 g/mol. The van der Waals surface area contributed by atoms with Crippen LogP contribution in [0.3, 0.4) is 0 Å². The molecule has 0 fully saturated rings. The summed E-state index contributed by atoms with van der Waals surface area (Å²) in [5.41, 5.74) is 6.93. The Morgan fingerprint density at radius 3 is 1.16 bits per heavy atom. The molecule has 0 heterocycles. The molecule has 0 aliphatic rings. The standard InChI is InChI=1S/C38H30/c1-25(2)35-23-29(17-15-27-11-7-5-8-12-27)31-20-22-34-36(26(3)4)24-30(18-16-28-13-9-6-10-14-28)32-19-21-33(35)37(31)38(32)34/h5-14,19-26H,1-4H3. The van der Waals surface area contributed by atoms with E-state index < -0.39 is 0 Å². The predicted molar refractivity (Wildman–Crippen MR) is 163 cm³/mol. The summed E-state index contributed by atoms with van der Waals surface area (Å²) < 4.78 is 0. The first-order chi connectivity index (χ1) is 18.5.